The molecule has 2 saturated heterocycles. The molecular weight excluding hydrogens is 342 g/mol. The Hall–Kier alpha value is 0.220. The first kappa shape index (κ1) is 19.0. The molecule has 0 radical (unpaired) electrons. The first-order valence-electron chi connectivity index (χ1n) is 9.68. The Morgan fingerprint density at radius 2 is 1.83 bits per heavy atom. The van der Waals surface area contributed by atoms with Crippen molar-refractivity contribution in [1.29, 1.82) is 0 Å². The number of sulfone groups is 1. The molecule has 140 valence electrons. The Morgan fingerprint density at radius 3 is 2.46 bits per heavy atom. The molecule has 2 N–H and O–H groups in total. The number of piperidine rings is 1. The summed E-state index contributed by atoms with van der Waals surface area (Å²) >= 11 is 1.94. The first-order valence-corrected chi connectivity index (χ1v) is 12.7. The highest BCUT2D eigenvalue weighted by Crippen LogP contribution is 2.35. The molecule has 0 spiro atoms. The predicted molar refractivity (Wildman–Crippen MR) is 101 cm³/mol. The first-order chi connectivity index (χ1) is 11.4. The molecule has 1 saturated carbocycles. The van der Waals surface area contributed by atoms with Gasteiger partial charge in [-0.15, -0.1) is 0 Å². The molecule has 6 heteroatoms. The maximum absolute atomic E-state index is 11.7. The minimum atomic E-state index is -2.87. The van der Waals surface area contributed by atoms with E-state index in [-0.39, 0.29) is 11.4 Å². The molecule has 0 bridgehead atoms. The van der Waals surface area contributed by atoms with Crippen LogP contribution < -0.4 is 5.32 Å². The van der Waals surface area contributed by atoms with E-state index in [0.717, 1.165) is 38.5 Å². The third-order valence-corrected chi connectivity index (χ3v) is 9.52. The quantitative estimate of drug-likeness (QED) is 0.773. The van der Waals surface area contributed by atoms with E-state index in [4.69, 9.17) is 0 Å². The van der Waals surface area contributed by atoms with Crippen molar-refractivity contribution in [2.24, 2.45) is 5.92 Å². The van der Waals surface area contributed by atoms with Gasteiger partial charge in [-0.05, 0) is 69.5 Å². The minimum Gasteiger partial charge on any atom is -0.392 e. The molecule has 24 heavy (non-hydrogen) atoms. The van der Waals surface area contributed by atoms with Gasteiger partial charge in [0.15, 0.2) is 0 Å². The topological polar surface area (TPSA) is 66.4 Å². The van der Waals surface area contributed by atoms with Crippen LogP contribution >= 0.6 is 11.8 Å². The Balaban J connectivity index is 1.47. The van der Waals surface area contributed by atoms with Crippen LogP contribution in [-0.2, 0) is 9.84 Å². The summed E-state index contributed by atoms with van der Waals surface area (Å²) in [6.07, 6.45) is 11.8. The minimum absolute atomic E-state index is 0.116. The van der Waals surface area contributed by atoms with Crippen molar-refractivity contribution >= 4 is 21.6 Å². The third-order valence-electron chi connectivity index (χ3n) is 6.33. The van der Waals surface area contributed by atoms with Gasteiger partial charge in [0, 0.05) is 23.6 Å². The second kappa shape index (κ2) is 8.28. The van der Waals surface area contributed by atoms with E-state index in [1.54, 1.807) is 0 Å². The maximum Gasteiger partial charge on any atom is 0.150 e. The van der Waals surface area contributed by atoms with E-state index in [1.165, 1.54) is 37.7 Å². The standard InChI is InChI=1S/C18H33NO3S2/c1-24(21,22)15-9-7-13(8-10-15)16-5-2-4-14(19-16)12-17(20)18-6-3-11-23-18/h13-20H,2-12H2,1H3/t13?,14?,15?,16?,17-,18?/m1/s1. The summed E-state index contributed by atoms with van der Waals surface area (Å²) < 4.78 is 23.4. The largest absolute Gasteiger partial charge is 0.392 e. The summed E-state index contributed by atoms with van der Waals surface area (Å²) in [5.41, 5.74) is 0. The highest BCUT2D eigenvalue weighted by atomic mass is 32.2. The zero-order chi connectivity index (χ0) is 17.2. The van der Waals surface area contributed by atoms with Gasteiger partial charge in [0.25, 0.3) is 0 Å². The molecule has 0 amide bonds. The fourth-order valence-corrected chi connectivity index (χ4v) is 7.31. The van der Waals surface area contributed by atoms with Crippen molar-refractivity contribution in [3.8, 4) is 0 Å². The lowest BCUT2D eigenvalue weighted by molar-refractivity contribution is 0.121. The number of rotatable bonds is 5. The van der Waals surface area contributed by atoms with E-state index in [1.807, 2.05) is 11.8 Å². The predicted octanol–water partition coefficient (Wildman–Crippen LogP) is 2.75. The van der Waals surface area contributed by atoms with E-state index in [0.29, 0.717) is 23.3 Å². The van der Waals surface area contributed by atoms with Crippen LogP contribution in [0, 0.1) is 5.92 Å². The number of aliphatic hydroxyl groups is 1. The van der Waals surface area contributed by atoms with Gasteiger partial charge in [0.2, 0.25) is 0 Å². The fraction of sp³-hybridized carbons (Fsp3) is 1.00. The van der Waals surface area contributed by atoms with Crippen molar-refractivity contribution in [3.63, 3.8) is 0 Å². The molecule has 0 aromatic carbocycles. The Bertz CT molecular complexity index is 496. The molecule has 2 heterocycles. The second-order valence-electron chi connectivity index (χ2n) is 8.12. The van der Waals surface area contributed by atoms with Crippen molar-refractivity contribution in [3.05, 3.63) is 0 Å². The molecule has 4 atom stereocenters. The summed E-state index contributed by atoms with van der Waals surface area (Å²) in [5.74, 6) is 1.82. The van der Waals surface area contributed by atoms with Crippen LogP contribution in [0.4, 0.5) is 0 Å². The van der Waals surface area contributed by atoms with Crippen molar-refractivity contribution in [2.75, 3.05) is 12.0 Å². The average molecular weight is 376 g/mol. The van der Waals surface area contributed by atoms with Gasteiger partial charge in [-0.1, -0.05) is 6.42 Å². The highest BCUT2D eigenvalue weighted by Gasteiger charge is 2.35. The van der Waals surface area contributed by atoms with Crippen LogP contribution in [0.3, 0.4) is 0 Å². The van der Waals surface area contributed by atoms with Gasteiger partial charge in [0.1, 0.15) is 9.84 Å². The molecule has 0 aromatic rings. The van der Waals surface area contributed by atoms with Gasteiger partial charge >= 0.3 is 0 Å². The van der Waals surface area contributed by atoms with Gasteiger partial charge < -0.3 is 10.4 Å². The molecule has 3 aliphatic rings. The van der Waals surface area contributed by atoms with Crippen molar-refractivity contribution in [2.45, 2.75) is 92.9 Å². The third kappa shape index (κ3) is 4.89. The normalized spacial score (nSPS) is 39.7. The lowest BCUT2D eigenvalue weighted by atomic mass is 9.79. The van der Waals surface area contributed by atoms with Crippen LogP contribution in [0.5, 0.6) is 0 Å². The molecule has 3 rings (SSSR count). The summed E-state index contributed by atoms with van der Waals surface area (Å²) in [6.45, 7) is 0. The van der Waals surface area contributed by atoms with E-state index < -0.39 is 9.84 Å². The second-order valence-corrected chi connectivity index (χ2v) is 11.8. The summed E-state index contributed by atoms with van der Waals surface area (Å²) in [4.78, 5) is 0. The highest BCUT2D eigenvalue weighted by molar-refractivity contribution is 8.00. The molecule has 4 nitrogen and oxygen atoms in total. The van der Waals surface area contributed by atoms with Crippen LogP contribution in [0.1, 0.15) is 64.2 Å². The number of aliphatic hydroxyl groups excluding tert-OH is 1. The van der Waals surface area contributed by atoms with Gasteiger partial charge in [0.05, 0.1) is 11.4 Å². The molecule has 3 fully saturated rings. The smallest absolute Gasteiger partial charge is 0.150 e. The van der Waals surface area contributed by atoms with Gasteiger partial charge in [-0.25, -0.2) is 8.42 Å². The molecule has 3 unspecified atom stereocenters. The Morgan fingerprint density at radius 1 is 1.08 bits per heavy atom. The number of hydrogen-bond donors (Lipinski definition) is 2. The van der Waals surface area contributed by atoms with Gasteiger partial charge in [-0.3, -0.25) is 0 Å². The summed E-state index contributed by atoms with van der Waals surface area (Å²) in [7, 11) is -2.87. The molecule has 0 aromatic heterocycles. The molecular formula is C18H33NO3S2. The summed E-state index contributed by atoms with van der Waals surface area (Å²) in [6, 6.07) is 0.959. The summed E-state index contributed by atoms with van der Waals surface area (Å²) in [5, 5.41) is 14.6. The fourth-order valence-electron chi connectivity index (χ4n) is 4.88. The van der Waals surface area contributed by atoms with Crippen LogP contribution in [0.25, 0.3) is 0 Å². The van der Waals surface area contributed by atoms with Crippen molar-refractivity contribution < 1.29 is 13.5 Å². The van der Waals surface area contributed by atoms with Crippen molar-refractivity contribution in [1.82, 2.24) is 5.32 Å². The molecule has 1 aliphatic carbocycles. The Labute approximate surface area is 151 Å². The average Bonchev–Trinajstić information content (AvgIpc) is 3.09. The van der Waals surface area contributed by atoms with Gasteiger partial charge in [-0.2, -0.15) is 11.8 Å². The van der Waals surface area contributed by atoms with E-state index in [2.05, 4.69) is 5.32 Å². The zero-order valence-electron chi connectivity index (χ0n) is 14.8. The monoisotopic (exact) mass is 375 g/mol. The van der Waals surface area contributed by atoms with Crippen LogP contribution in [0.15, 0.2) is 0 Å². The maximum atomic E-state index is 11.7. The molecule has 2 aliphatic heterocycles. The number of nitrogens with one attached hydrogen (secondary N) is 1. The van der Waals surface area contributed by atoms with Crippen LogP contribution in [-0.4, -0.2) is 54.2 Å². The lowest BCUT2D eigenvalue weighted by Crippen LogP contribution is -2.49. The Kier molecular flexibility index (Phi) is 6.55. The SMILES string of the molecule is CS(=O)(=O)C1CCC(C2CCCC(C[C@@H](O)C3CCCS3)N2)CC1. The lowest BCUT2D eigenvalue weighted by Gasteiger charge is -2.40. The van der Waals surface area contributed by atoms with E-state index >= 15 is 0 Å². The zero-order valence-corrected chi connectivity index (χ0v) is 16.5. The number of thioether (sulfide) groups is 1. The van der Waals surface area contributed by atoms with Crippen LogP contribution in [0.2, 0.25) is 0 Å². The number of hydrogen-bond acceptors (Lipinski definition) is 5. The van der Waals surface area contributed by atoms with E-state index in [9.17, 15) is 13.5 Å².